The summed E-state index contributed by atoms with van der Waals surface area (Å²) >= 11 is 0. The molecule has 0 amide bonds. The summed E-state index contributed by atoms with van der Waals surface area (Å²) in [6, 6.07) is 12.4. The van der Waals surface area contributed by atoms with Crippen molar-refractivity contribution in [3.8, 4) is 22.9 Å². The van der Waals surface area contributed by atoms with Crippen LogP contribution in [0.1, 0.15) is 65.2 Å². The van der Waals surface area contributed by atoms with Gasteiger partial charge in [0.2, 0.25) is 0 Å². The van der Waals surface area contributed by atoms with Crippen LogP contribution in [-0.4, -0.2) is 47.1 Å². The van der Waals surface area contributed by atoms with Crippen LogP contribution in [0, 0.1) is 23.7 Å². The standard InChI is InChI=1S/C33H38N2O8/c1-3-40-30(36)20-9-13-22(14-10-20)32(38)42-24-17-18-28(25(19-24)29-34-26-7-5-6-8-27(26)35-29)43-33(39)23-15-11-21(12-16-23)31(37)41-4-2/h5-8,17-23H,3-4,9-16H2,1-2H3,(H,34,35). The van der Waals surface area contributed by atoms with Crippen molar-refractivity contribution in [3.05, 3.63) is 42.5 Å². The number of para-hydroxylation sites is 2. The number of aromatic nitrogens is 2. The normalized spacial score (nSPS) is 22.0. The first-order valence-electron chi connectivity index (χ1n) is 15.2. The average molecular weight is 591 g/mol. The van der Waals surface area contributed by atoms with E-state index in [9.17, 15) is 19.2 Å². The Hall–Kier alpha value is -4.21. The fourth-order valence-electron chi connectivity index (χ4n) is 5.97. The van der Waals surface area contributed by atoms with Gasteiger partial charge in [0.1, 0.15) is 17.3 Å². The maximum atomic E-state index is 13.2. The lowest BCUT2D eigenvalue weighted by Crippen LogP contribution is -2.29. The second-order valence-corrected chi connectivity index (χ2v) is 11.2. The zero-order valence-corrected chi connectivity index (χ0v) is 24.6. The van der Waals surface area contributed by atoms with E-state index in [-0.39, 0.29) is 47.5 Å². The predicted octanol–water partition coefficient (Wildman–Crippen LogP) is 5.78. The number of H-pyrrole nitrogens is 1. The summed E-state index contributed by atoms with van der Waals surface area (Å²) in [5.41, 5.74) is 2.04. The summed E-state index contributed by atoms with van der Waals surface area (Å²) in [6.45, 7) is 4.25. The quantitative estimate of drug-likeness (QED) is 0.243. The van der Waals surface area contributed by atoms with Gasteiger partial charge in [0.05, 0.1) is 53.5 Å². The number of benzene rings is 2. The predicted molar refractivity (Wildman–Crippen MR) is 157 cm³/mol. The molecule has 1 aromatic heterocycles. The summed E-state index contributed by atoms with van der Waals surface area (Å²) in [5.74, 6) is -1.09. The number of carbonyl (C=O) groups excluding carboxylic acids is 4. The van der Waals surface area contributed by atoms with E-state index in [0.717, 1.165) is 11.0 Å². The molecule has 1 heterocycles. The summed E-state index contributed by atoms with van der Waals surface area (Å²) in [6.07, 6.45) is 4.49. The molecule has 1 N–H and O–H groups in total. The van der Waals surface area contributed by atoms with Crippen molar-refractivity contribution in [2.45, 2.75) is 65.2 Å². The molecular weight excluding hydrogens is 552 g/mol. The highest BCUT2D eigenvalue weighted by molar-refractivity contribution is 5.84. The van der Waals surface area contributed by atoms with Crippen LogP contribution in [0.25, 0.3) is 22.4 Å². The number of hydrogen-bond donors (Lipinski definition) is 1. The molecule has 228 valence electrons. The van der Waals surface area contributed by atoms with Crippen LogP contribution in [0.3, 0.4) is 0 Å². The number of nitrogens with zero attached hydrogens (tertiary/aromatic N) is 1. The Morgan fingerprint density at radius 3 is 1.74 bits per heavy atom. The zero-order valence-electron chi connectivity index (χ0n) is 24.6. The number of imidazole rings is 1. The van der Waals surface area contributed by atoms with Crippen molar-refractivity contribution in [2.75, 3.05) is 13.2 Å². The van der Waals surface area contributed by atoms with Gasteiger partial charge in [0.25, 0.3) is 0 Å². The zero-order chi connectivity index (χ0) is 30.3. The molecule has 10 nitrogen and oxygen atoms in total. The van der Waals surface area contributed by atoms with Crippen LogP contribution in [0.15, 0.2) is 42.5 Å². The minimum absolute atomic E-state index is 0.183. The second-order valence-electron chi connectivity index (χ2n) is 11.2. The molecule has 0 radical (unpaired) electrons. The van der Waals surface area contributed by atoms with E-state index in [4.69, 9.17) is 18.9 Å². The van der Waals surface area contributed by atoms with Crippen molar-refractivity contribution < 1.29 is 38.1 Å². The lowest BCUT2D eigenvalue weighted by atomic mass is 9.82. The monoisotopic (exact) mass is 590 g/mol. The summed E-state index contributed by atoms with van der Waals surface area (Å²) in [5, 5.41) is 0. The number of ether oxygens (including phenoxy) is 4. The number of nitrogens with one attached hydrogen (secondary N) is 1. The van der Waals surface area contributed by atoms with Gasteiger partial charge in [-0.05, 0) is 95.5 Å². The first-order chi connectivity index (χ1) is 20.9. The number of carbonyl (C=O) groups is 4. The molecule has 5 rings (SSSR count). The highest BCUT2D eigenvalue weighted by Gasteiger charge is 2.33. The highest BCUT2D eigenvalue weighted by atomic mass is 16.5. The first kappa shape index (κ1) is 30.3. The number of rotatable bonds is 9. The van der Waals surface area contributed by atoms with Crippen molar-refractivity contribution in [2.24, 2.45) is 23.7 Å². The van der Waals surface area contributed by atoms with Crippen molar-refractivity contribution in [1.29, 1.82) is 0 Å². The maximum absolute atomic E-state index is 13.2. The first-order valence-corrected chi connectivity index (χ1v) is 15.2. The van der Waals surface area contributed by atoms with Gasteiger partial charge in [-0.2, -0.15) is 0 Å². The molecule has 0 atom stereocenters. The van der Waals surface area contributed by atoms with E-state index >= 15 is 0 Å². The smallest absolute Gasteiger partial charge is 0.314 e. The Morgan fingerprint density at radius 2 is 1.21 bits per heavy atom. The molecule has 2 aromatic carbocycles. The van der Waals surface area contributed by atoms with Crippen molar-refractivity contribution in [3.63, 3.8) is 0 Å². The van der Waals surface area contributed by atoms with Crippen molar-refractivity contribution in [1.82, 2.24) is 9.97 Å². The van der Waals surface area contributed by atoms with Gasteiger partial charge in [0, 0.05) is 0 Å². The van der Waals surface area contributed by atoms with E-state index in [1.807, 2.05) is 24.3 Å². The third-order valence-electron chi connectivity index (χ3n) is 8.39. The van der Waals surface area contributed by atoms with E-state index < -0.39 is 0 Å². The van der Waals surface area contributed by atoms with Crippen LogP contribution in [0.4, 0.5) is 0 Å². The fourth-order valence-corrected chi connectivity index (χ4v) is 5.97. The molecule has 2 saturated carbocycles. The topological polar surface area (TPSA) is 134 Å². The van der Waals surface area contributed by atoms with E-state index in [1.165, 1.54) is 0 Å². The molecule has 0 aliphatic heterocycles. The van der Waals surface area contributed by atoms with Gasteiger partial charge < -0.3 is 23.9 Å². The highest BCUT2D eigenvalue weighted by Crippen LogP contribution is 2.37. The second kappa shape index (κ2) is 13.8. The molecule has 10 heteroatoms. The third kappa shape index (κ3) is 7.24. The molecule has 0 saturated heterocycles. The number of aromatic amines is 1. The van der Waals surface area contributed by atoms with Gasteiger partial charge in [-0.3, -0.25) is 19.2 Å². The summed E-state index contributed by atoms with van der Waals surface area (Å²) < 4.78 is 22.0. The fraction of sp³-hybridized carbons (Fsp3) is 0.485. The van der Waals surface area contributed by atoms with Crippen LogP contribution < -0.4 is 9.47 Å². The molecule has 0 unspecified atom stereocenters. The molecule has 2 aliphatic carbocycles. The lowest BCUT2D eigenvalue weighted by molar-refractivity contribution is -0.151. The Morgan fingerprint density at radius 1 is 0.698 bits per heavy atom. The van der Waals surface area contributed by atoms with Crippen LogP contribution >= 0.6 is 0 Å². The van der Waals surface area contributed by atoms with E-state index in [0.29, 0.717) is 87.5 Å². The molecule has 0 bridgehead atoms. The van der Waals surface area contributed by atoms with Crippen LogP contribution in [0.5, 0.6) is 11.5 Å². The van der Waals surface area contributed by atoms with Gasteiger partial charge in [-0.15, -0.1) is 0 Å². The van der Waals surface area contributed by atoms with Gasteiger partial charge >= 0.3 is 23.9 Å². The maximum Gasteiger partial charge on any atom is 0.314 e. The summed E-state index contributed by atoms with van der Waals surface area (Å²) in [4.78, 5) is 58.4. The number of fused-ring (bicyclic) bond motifs is 1. The molecular formula is C33H38N2O8. The molecule has 0 spiro atoms. The van der Waals surface area contributed by atoms with Gasteiger partial charge in [0.15, 0.2) is 0 Å². The van der Waals surface area contributed by atoms with Gasteiger partial charge in [-0.1, -0.05) is 12.1 Å². The third-order valence-corrected chi connectivity index (χ3v) is 8.39. The number of esters is 4. The minimum Gasteiger partial charge on any atom is -0.466 e. The SMILES string of the molecule is CCOC(=O)C1CCC(C(=O)Oc2ccc(OC(=O)C3CCC(C(=O)OCC)CC3)c(-c3nc4ccccc4[nH]3)c2)CC1. The van der Waals surface area contributed by atoms with Crippen LogP contribution in [-0.2, 0) is 28.7 Å². The minimum atomic E-state index is -0.372. The lowest BCUT2D eigenvalue weighted by Gasteiger charge is -2.26. The Kier molecular flexibility index (Phi) is 9.74. The number of hydrogen-bond acceptors (Lipinski definition) is 9. The largest absolute Gasteiger partial charge is 0.466 e. The Bertz CT molecular complexity index is 1430. The molecule has 2 aliphatic rings. The Labute approximate surface area is 250 Å². The summed E-state index contributed by atoms with van der Waals surface area (Å²) in [7, 11) is 0. The average Bonchev–Trinajstić information content (AvgIpc) is 3.46. The Balaban J connectivity index is 1.30. The molecule has 43 heavy (non-hydrogen) atoms. The van der Waals surface area contributed by atoms with E-state index in [1.54, 1.807) is 32.0 Å². The van der Waals surface area contributed by atoms with Crippen molar-refractivity contribution >= 4 is 34.9 Å². The molecule has 3 aromatic rings. The van der Waals surface area contributed by atoms with Crippen LogP contribution in [0.2, 0.25) is 0 Å². The van der Waals surface area contributed by atoms with Gasteiger partial charge in [-0.25, -0.2) is 4.98 Å². The van der Waals surface area contributed by atoms with E-state index in [2.05, 4.69) is 9.97 Å². The molecule has 2 fully saturated rings.